The lowest BCUT2D eigenvalue weighted by molar-refractivity contribution is -0.0500. The molecule has 8 nitrogen and oxygen atoms in total. The highest BCUT2D eigenvalue weighted by Crippen LogP contribution is 2.47. The van der Waals surface area contributed by atoms with Gasteiger partial charge in [-0.2, -0.15) is 21.6 Å². The summed E-state index contributed by atoms with van der Waals surface area (Å²) in [5, 5.41) is 1.95. The van der Waals surface area contributed by atoms with Gasteiger partial charge in [0.25, 0.3) is 0 Å². The molecule has 0 radical (unpaired) electrons. The van der Waals surface area contributed by atoms with Crippen LogP contribution < -0.4 is 23.1 Å². The van der Waals surface area contributed by atoms with E-state index >= 15 is 0 Å². The molecule has 0 aliphatic carbocycles. The van der Waals surface area contributed by atoms with Crippen molar-refractivity contribution in [1.82, 2.24) is 4.98 Å². The zero-order valence-corrected chi connectivity index (χ0v) is 19.1. The summed E-state index contributed by atoms with van der Waals surface area (Å²) in [5.74, 6) is -0.0499. The number of rotatable bonds is 6. The second-order valence-corrected chi connectivity index (χ2v) is 8.58. The molecule has 0 aliphatic heterocycles. The number of hydrogen-bond donors (Lipinski definition) is 0. The van der Waals surface area contributed by atoms with Gasteiger partial charge in [0.2, 0.25) is 5.75 Å². The van der Waals surface area contributed by atoms with Crippen LogP contribution in [0.1, 0.15) is 0 Å². The summed E-state index contributed by atoms with van der Waals surface area (Å²) >= 11 is 0. The molecule has 12 heteroatoms. The number of nitrogens with zero attached hydrogens (tertiary/aromatic N) is 1. The second kappa shape index (κ2) is 8.28. The van der Waals surface area contributed by atoms with Gasteiger partial charge < -0.3 is 23.1 Å². The van der Waals surface area contributed by atoms with Gasteiger partial charge in [-0.15, -0.1) is 0 Å². The Kier molecular flexibility index (Phi) is 5.72. The van der Waals surface area contributed by atoms with Crippen molar-refractivity contribution < 1.29 is 44.7 Å². The number of halogens is 3. The summed E-state index contributed by atoms with van der Waals surface area (Å²) in [5.41, 5.74) is -4.56. The third-order valence-electron chi connectivity index (χ3n) is 5.18. The normalized spacial score (nSPS) is 12.2. The predicted octanol–water partition coefficient (Wildman–Crippen LogP) is 4.80. The van der Waals surface area contributed by atoms with Gasteiger partial charge in [0.15, 0.2) is 23.0 Å². The van der Waals surface area contributed by atoms with Crippen molar-refractivity contribution in [2.45, 2.75) is 5.51 Å². The largest absolute Gasteiger partial charge is 0.534 e. The molecule has 0 saturated carbocycles. The summed E-state index contributed by atoms with van der Waals surface area (Å²) in [6.07, 6.45) is 0. The van der Waals surface area contributed by atoms with Crippen molar-refractivity contribution >= 4 is 42.7 Å². The van der Waals surface area contributed by atoms with Gasteiger partial charge in [0.05, 0.1) is 39.5 Å². The Hall–Kier alpha value is -3.67. The lowest BCUT2D eigenvalue weighted by Crippen LogP contribution is -2.28. The SMILES string of the molecule is COc1cc2cc3c(ccc4c(OC)c(OC)c(OS(=O)(=O)C(F)(F)F)cc43)nc2cc1OC. The molecule has 0 amide bonds. The highest BCUT2D eigenvalue weighted by molar-refractivity contribution is 7.88. The molecular weight excluding hydrogens is 479 g/mol. The molecule has 180 valence electrons. The van der Waals surface area contributed by atoms with Crippen LogP contribution in [0, 0.1) is 0 Å². The fourth-order valence-electron chi connectivity index (χ4n) is 3.66. The lowest BCUT2D eigenvalue weighted by atomic mass is 10.0. The standard InChI is InChI=1S/C22H18F3NO7S/c1-29-17-8-11-7-14-13-9-19(33-34(27,28)22(23,24)25)21(32-4)20(31-3)12(13)5-6-15(14)26-16(11)10-18(17)30-2/h5-10H,1-4H3. The molecule has 0 fully saturated rings. The van der Waals surface area contributed by atoms with Crippen LogP contribution in [-0.2, 0) is 10.1 Å². The molecule has 3 aromatic carbocycles. The number of ether oxygens (including phenoxy) is 4. The topological polar surface area (TPSA) is 93.2 Å². The van der Waals surface area contributed by atoms with Crippen LogP contribution in [0.2, 0.25) is 0 Å². The van der Waals surface area contributed by atoms with E-state index in [2.05, 4.69) is 9.17 Å². The van der Waals surface area contributed by atoms with Crippen LogP contribution in [-0.4, -0.2) is 47.3 Å². The minimum atomic E-state index is -5.96. The Balaban J connectivity index is 2.07. The summed E-state index contributed by atoms with van der Waals surface area (Å²) < 4.78 is 88.0. The van der Waals surface area contributed by atoms with Gasteiger partial charge in [-0.05, 0) is 35.7 Å². The number of hydrogen-bond acceptors (Lipinski definition) is 8. The molecule has 0 unspecified atom stereocenters. The van der Waals surface area contributed by atoms with Crippen LogP contribution in [0.4, 0.5) is 13.2 Å². The molecule has 0 aliphatic rings. The van der Waals surface area contributed by atoms with Crippen molar-refractivity contribution in [3.63, 3.8) is 0 Å². The number of pyridine rings is 1. The molecule has 0 atom stereocenters. The Morgan fingerprint density at radius 3 is 1.94 bits per heavy atom. The molecule has 4 rings (SSSR count). The molecule has 0 spiro atoms. The van der Waals surface area contributed by atoms with E-state index in [1.165, 1.54) is 21.3 Å². The van der Waals surface area contributed by atoms with E-state index in [-0.39, 0.29) is 11.5 Å². The van der Waals surface area contributed by atoms with E-state index in [1.807, 2.05) is 0 Å². The van der Waals surface area contributed by atoms with Crippen molar-refractivity contribution in [2.75, 3.05) is 28.4 Å². The van der Waals surface area contributed by atoms with Gasteiger partial charge in [-0.25, -0.2) is 4.98 Å². The molecule has 34 heavy (non-hydrogen) atoms. The predicted molar refractivity (Wildman–Crippen MR) is 119 cm³/mol. The molecule has 4 aromatic rings. The van der Waals surface area contributed by atoms with Gasteiger partial charge in [-0.1, -0.05) is 0 Å². The number of alkyl halides is 3. The maximum Gasteiger partial charge on any atom is 0.534 e. The summed E-state index contributed by atoms with van der Waals surface area (Å²) in [4.78, 5) is 4.61. The van der Waals surface area contributed by atoms with E-state index in [4.69, 9.17) is 18.9 Å². The van der Waals surface area contributed by atoms with E-state index in [0.717, 1.165) is 13.2 Å². The number of methoxy groups -OCH3 is 4. The Morgan fingerprint density at radius 1 is 0.706 bits per heavy atom. The monoisotopic (exact) mass is 497 g/mol. The second-order valence-electron chi connectivity index (χ2n) is 7.04. The summed E-state index contributed by atoms with van der Waals surface area (Å²) in [7, 11) is -0.551. The van der Waals surface area contributed by atoms with Gasteiger partial charge in [0, 0.05) is 22.2 Å². The van der Waals surface area contributed by atoms with Crippen LogP contribution in [0.15, 0.2) is 36.4 Å². The van der Waals surface area contributed by atoms with Crippen LogP contribution >= 0.6 is 0 Å². The highest BCUT2D eigenvalue weighted by atomic mass is 32.2. The van der Waals surface area contributed by atoms with E-state index in [0.29, 0.717) is 44.1 Å². The fraction of sp³-hybridized carbons (Fsp3) is 0.227. The first-order valence-corrected chi connectivity index (χ1v) is 11.0. The number of aromatic nitrogens is 1. The molecule has 0 N–H and O–H groups in total. The smallest absolute Gasteiger partial charge is 0.493 e. The molecule has 1 aromatic heterocycles. The molecule has 0 bridgehead atoms. The van der Waals surface area contributed by atoms with Gasteiger partial charge >= 0.3 is 15.6 Å². The maximum atomic E-state index is 13.0. The van der Waals surface area contributed by atoms with E-state index in [9.17, 15) is 21.6 Å². The van der Waals surface area contributed by atoms with Gasteiger partial charge in [-0.3, -0.25) is 0 Å². The summed E-state index contributed by atoms with van der Waals surface area (Å²) in [6.45, 7) is 0. The first kappa shape index (κ1) is 23.5. The summed E-state index contributed by atoms with van der Waals surface area (Å²) in [6, 6.07) is 9.62. The zero-order valence-electron chi connectivity index (χ0n) is 18.3. The first-order chi connectivity index (χ1) is 16.0. The Morgan fingerprint density at radius 2 is 1.35 bits per heavy atom. The third kappa shape index (κ3) is 3.73. The first-order valence-electron chi connectivity index (χ1n) is 9.59. The van der Waals surface area contributed by atoms with E-state index in [1.54, 1.807) is 30.3 Å². The highest BCUT2D eigenvalue weighted by Gasteiger charge is 2.49. The van der Waals surface area contributed by atoms with Crippen molar-refractivity contribution in [2.24, 2.45) is 0 Å². The third-order valence-corrected chi connectivity index (χ3v) is 6.14. The average Bonchev–Trinajstić information content (AvgIpc) is 2.79. The van der Waals surface area contributed by atoms with Crippen molar-refractivity contribution in [3.8, 4) is 28.7 Å². The van der Waals surface area contributed by atoms with Crippen molar-refractivity contribution in [1.29, 1.82) is 0 Å². The van der Waals surface area contributed by atoms with Crippen LogP contribution in [0.25, 0.3) is 32.6 Å². The minimum absolute atomic E-state index is 0.00156. The lowest BCUT2D eigenvalue weighted by Gasteiger charge is -2.17. The number of fused-ring (bicyclic) bond motifs is 4. The van der Waals surface area contributed by atoms with Crippen LogP contribution in [0.3, 0.4) is 0 Å². The zero-order chi connectivity index (χ0) is 24.8. The fourth-order valence-corrected chi connectivity index (χ4v) is 4.12. The number of benzene rings is 3. The Labute approximate surface area is 191 Å². The van der Waals surface area contributed by atoms with Gasteiger partial charge in [0.1, 0.15) is 0 Å². The molecular formula is C22H18F3NO7S. The van der Waals surface area contributed by atoms with Crippen molar-refractivity contribution in [3.05, 3.63) is 36.4 Å². The van der Waals surface area contributed by atoms with Crippen LogP contribution in [0.5, 0.6) is 28.7 Å². The molecule has 0 saturated heterocycles. The van der Waals surface area contributed by atoms with E-state index < -0.39 is 21.4 Å². The maximum absolute atomic E-state index is 13.0. The Bertz CT molecular complexity index is 1540. The average molecular weight is 497 g/mol. The quantitative estimate of drug-likeness (QED) is 0.162. The minimum Gasteiger partial charge on any atom is -0.493 e. The molecule has 1 heterocycles.